The van der Waals surface area contributed by atoms with Crippen molar-refractivity contribution in [3.05, 3.63) is 64.5 Å². The van der Waals surface area contributed by atoms with Crippen LogP contribution in [-0.4, -0.2) is 30.1 Å². The molecule has 0 aliphatic heterocycles. The number of carbonyl (C=O) groups excluding carboxylic acids is 2. The van der Waals surface area contributed by atoms with Crippen molar-refractivity contribution in [3.8, 4) is 17.0 Å². The molecule has 0 fully saturated rings. The van der Waals surface area contributed by atoms with Gasteiger partial charge in [0, 0.05) is 10.4 Å². The van der Waals surface area contributed by atoms with Crippen LogP contribution in [0.2, 0.25) is 0 Å². The van der Waals surface area contributed by atoms with Crippen LogP contribution in [0.3, 0.4) is 0 Å². The Hall–Kier alpha value is -3.19. The molecule has 2 aromatic carbocycles. The SMILES string of the molecule is CCOC(=O)Cc1sc(NC(=O)COc2cccc(C)c2C)nc1-c1ccccc1. The van der Waals surface area contributed by atoms with Gasteiger partial charge in [-0.1, -0.05) is 42.5 Å². The average Bonchev–Trinajstić information content (AvgIpc) is 3.11. The molecule has 0 unspecified atom stereocenters. The summed E-state index contributed by atoms with van der Waals surface area (Å²) in [6.07, 6.45) is 0.102. The molecule has 1 amide bonds. The fourth-order valence-corrected chi connectivity index (χ4v) is 3.85. The number of esters is 1. The Labute approximate surface area is 179 Å². The van der Waals surface area contributed by atoms with Crippen molar-refractivity contribution in [1.82, 2.24) is 4.98 Å². The van der Waals surface area contributed by atoms with Gasteiger partial charge in [0.1, 0.15) is 5.75 Å². The van der Waals surface area contributed by atoms with Crippen LogP contribution in [0.25, 0.3) is 11.3 Å². The molecule has 3 aromatic rings. The molecule has 6 nitrogen and oxygen atoms in total. The Morgan fingerprint density at radius 3 is 2.57 bits per heavy atom. The maximum absolute atomic E-state index is 12.4. The van der Waals surface area contributed by atoms with E-state index in [1.807, 2.05) is 62.4 Å². The minimum atomic E-state index is -0.325. The summed E-state index contributed by atoms with van der Waals surface area (Å²) < 4.78 is 10.7. The first-order valence-corrected chi connectivity index (χ1v) is 10.5. The lowest BCUT2D eigenvalue weighted by Crippen LogP contribution is -2.20. The Morgan fingerprint density at radius 2 is 1.83 bits per heavy atom. The summed E-state index contributed by atoms with van der Waals surface area (Å²) in [5, 5.41) is 3.19. The van der Waals surface area contributed by atoms with Crippen molar-refractivity contribution in [2.45, 2.75) is 27.2 Å². The number of hydrogen-bond donors (Lipinski definition) is 1. The van der Waals surface area contributed by atoms with Crippen LogP contribution >= 0.6 is 11.3 Å². The number of aryl methyl sites for hydroxylation is 1. The Kier molecular flexibility index (Phi) is 7.19. The van der Waals surface area contributed by atoms with E-state index in [-0.39, 0.29) is 24.9 Å². The average molecular weight is 425 g/mol. The lowest BCUT2D eigenvalue weighted by atomic mass is 10.1. The summed E-state index contributed by atoms with van der Waals surface area (Å²) in [7, 11) is 0. The van der Waals surface area contributed by atoms with Crippen LogP contribution in [0, 0.1) is 13.8 Å². The van der Waals surface area contributed by atoms with Crippen LogP contribution in [0.4, 0.5) is 5.13 Å². The number of anilines is 1. The predicted octanol–water partition coefficient (Wildman–Crippen LogP) is 4.55. The van der Waals surface area contributed by atoms with Crippen molar-refractivity contribution in [1.29, 1.82) is 0 Å². The molecule has 0 saturated carbocycles. The molecule has 0 aliphatic rings. The summed E-state index contributed by atoms with van der Waals surface area (Å²) in [6.45, 7) is 5.91. The molecule has 3 rings (SSSR count). The summed E-state index contributed by atoms with van der Waals surface area (Å²) in [4.78, 5) is 29.7. The maximum Gasteiger partial charge on any atom is 0.311 e. The second-order valence-electron chi connectivity index (χ2n) is 6.67. The topological polar surface area (TPSA) is 77.5 Å². The zero-order chi connectivity index (χ0) is 21.5. The standard InChI is InChI=1S/C23H24N2O4S/c1-4-28-21(27)13-19-22(17-10-6-5-7-11-17)25-23(30-19)24-20(26)14-29-18-12-8-9-15(2)16(18)3/h5-12H,4,13-14H2,1-3H3,(H,24,25,26). The molecule has 156 valence electrons. The minimum Gasteiger partial charge on any atom is -0.483 e. The number of aromatic nitrogens is 1. The molecule has 0 saturated heterocycles. The highest BCUT2D eigenvalue weighted by Gasteiger charge is 2.18. The van der Waals surface area contributed by atoms with Gasteiger partial charge in [0.05, 0.1) is 18.7 Å². The van der Waals surface area contributed by atoms with E-state index < -0.39 is 0 Å². The number of rotatable bonds is 8. The first-order chi connectivity index (χ1) is 14.5. The van der Waals surface area contributed by atoms with E-state index in [1.54, 1.807) is 6.92 Å². The first-order valence-electron chi connectivity index (χ1n) is 9.67. The second-order valence-corrected chi connectivity index (χ2v) is 7.76. The van der Waals surface area contributed by atoms with Crippen LogP contribution in [0.15, 0.2) is 48.5 Å². The van der Waals surface area contributed by atoms with Crippen molar-refractivity contribution in [3.63, 3.8) is 0 Å². The van der Waals surface area contributed by atoms with Gasteiger partial charge in [-0.3, -0.25) is 14.9 Å². The molecular formula is C23H24N2O4S. The third-order valence-electron chi connectivity index (χ3n) is 4.51. The number of ether oxygens (including phenoxy) is 2. The molecule has 0 radical (unpaired) electrons. The molecule has 1 aromatic heterocycles. The van der Waals surface area contributed by atoms with Gasteiger partial charge in [-0.15, -0.1) is 11.3 Å². The normalized spacial score (nSPS) is 10.5. The number of amides is 1. The summed E-state index contributed by atoms with van der Waals surface area (Å²) in [5.41, 5.74) is 3.64. The first kappa shape index (κ1) is 21.5. The number of nitrogens with zero attached hydrogens (tertiary/aromatic N) is 1. The molecule has 0 spiro atoms. The predicted molar refractivity (Wildman–Crippen MR) is 118 cm³/mol. The fraction of sp³-hybridized carbons (Fsp3) is 0.261. The minimum absolute atomic E-state index is 0.102. The van der Waals surface area contributed by atoms with Gasteiger partial charge in [0.2, 0.25) is 0 Å². The Balaban J connectivity index is 1.73. The van der Waals surface area contributed by atoms with Crippen molar-refractivity contribution in [2.75, 3.05) is 18.5 Å². The van der Waals surface area contributed by atoms with E-state index in [9.17, 15) is 9.59 Å². The summed E-state index contributed by atoms with van der Waals surface area (Å²) in [6, 6.07) is 15.3. The van der Waals surface area contributed by atoms with Gasteiger partial charge >= 0.3 is 5.97 Å². The van der Waals surface area contributed by atoms with Gasteiger partial charge in [0.15, 0.2) is 11.7 Å². The molecule has 1 N–H and O–H groups in total. The third kappa shape index (κ3) is 5.45. The molecule has 0 aliphatic carbocycles. The quantitative estimate of drug-likeness (QED) is 0.537. The van der Waals surface area contributed by atoms with Gasteiger partial charge in [-0.2, -0.15) is 0 Å². The zero-order valence-corrected chi connectivity index (χ0v) is 18.0. The third-order valence-corrected chi connectivity index (χ3v) is 5.49. The van der Waals surface area contributed by atoms with E-state index in [2.05, 4.69) is 10.3 Å². The number of thiazole rings is 1. The highest BCUT2D eigenvalue weighted by Crippen LogP contribution is 2.32. The Bertz CT molecular complexity index is 1030. The fourth-order valence-electron chi connectivity index (χ4n) is 2.87. The molecule has 0 bridgehead atoms. The zero-order valence-electron chi connectivity index (χ0n) is 17.2. The lowest BCUT2D eigenvalue weighted by Gasteiger charge is -2.10. The monoisotopic (exact) mass is 424 g/mol. The van der Waals surface area contributed by atoms with E-state index in [0.29, 0.717) is 23.2 Å². The largest absolute Gasteiger partial charge is 0.483 e. The van der Waals surface area contributed by atoms with Gasteiger partial charge < -0.3 is 9.47 Å². The smallest absolute Gasteiger partial charge is 0.311 e. The van der Waals surface area contributed by atoms with Crippen LogP contribution < -0.4 is 10.1 Å². The summed E-state index contributed by atoms with van der Waals surface area (Å²) >= 11 is 1.26. The van der Waals surface area contributed by atoms with Crippen LogP contribution in [-0.2, 0) is 20.7 Å². The molecular weight excluding hydrogens is 400 g/mol. The van der Waals surface area contributed by atoms with Gasteiger partial charge in [0.25, 0.3) is 5.91 Å². The van der Waals surface area contributed by atoms with Crippen LogP contribution in [0.5, 0.6) is 5.75 Å². The molecule has 30 heavy (non-hydrogen) atoms. The summed E-state index contributed by atoms with van der Waals surface area (Å²) in [5.74, 6) is 0.0404. The van der Waals surface area contributed by atoms with Gasteiger partial charge in [-0.25, -0.2) is 4.98 Å². The van der Waals surface area contributed by atoms with E-state index >= 15 is 0 Å². The van der Waals surface area contributed by atoms with Crippen molar-refractivity contribution in [2.24, 2.45) is 0 Å². The van der Waals surface area contributed by atoms with E-state index in [4.69, 9.17) is 9.47 Å². The Morgan fingerprint density at radius 1 is 1.07 bits per heavy atom. The molecule has 7 heteroatoms. The lowest BCUT2D eigenvalue weighted by molar-refractivity contribution is -0.142. The van der Waals surface area contributed by atoms with Gasteiger partial charge in [-0.05, 0) is 38.0 Å². The molecule has 0 atom stereocenters. The number of nitrogens with one attached hydrogen (secondary N) is 1. The van der Waals surface area contributed by atoms with Crippen molar-refractivity contribution < 1.29 is 19.1 Å². The highest BCUT2D eigenvalue weighted by molar-refractivity contribution is 7.16. The number of benzene rings is 2. The van der Waals surface area contributed by atoms with E-state index in [1.165, 1.54) is 11.3 Å². The van der Waals surface area contributed by atoms with E-state index in [0.717, 1.165) is 21.6 Å². The second kappa shape index (κ2) is 10.0. The number of carbonyl (C=O) groups is 2. The molecule has 1 heterocycles. The maximum atomic E-state index is 12.4. The number of hydrogen-bond acceptors (Lipinski definition) is 6. The highest BCUT2D eigenvalue weighted by atomic mass is 32.1. The van der Waals surface area contributed by atoms with Crippen LogP contribution in [0.1, 0.15) is 22.9 Å². The van der Waals surface area contributed by atoms with Crippen molar-refractivity contribution >= 4 is 28.3 Å².